The molecule has 0 N–H and O–H groups in total. The molecular formula is C15H23N3O. The predicted molar refractivity (Wildman–Crippen MR) is 75.4 cm³/mol. The molecule has 2 fully saturated rings. The van der Waals surface area contributed by atoms with E-state index in [1.54, 1.807) is 0 Å². The molecule has 0 spiro atoms. The number of aryl methyl sites for hydroxylation is 2. The molecular weight excluding hydrogens is 238 g/mol. The molecule has 0 amide bonds. The zero-order valence-corrected chi connectivity index (χ0v) is 11.9. The summed E-state index contributed by atoms with van der Waals surface area (Å²) in [4.78, 5) is 11.4. The molecule has 3 rings (SSSR count). The monoisotopic (exact) mass is 261 g/mol. The van der Waals surface area contributed by atoms with Gasteiger partial charge in [0.05, 0.1) is 17.5 Å². The Morgan fingerprint density at radius 3 is 2.95 bits per heavy atom. The van der Waals surface area contributed by atoms with Gasteiger partial charge >= 0.3 is 0 Å². The second-order valence-corrected chi connectivity index (χ2v) is 5.91. The van der Waals surface area contributed by atoms with Crippen molar-refractivity contribution in [2.24, 2.45) is 5.92 Å². The molecule has 2 heterocycles. The summed E-state index contributed by atoms with van der Waals surface area (Å²) >= 11 is 0. The minimum absolute atomic E-state index is 0.371. The van der Waals surface area contributed by atoms with Crippen LogP contribution in [0.5, 0.6) is 0 Å². The molecule has 1 aromatic rings. The molecule has 1 saturated heterocycles. The molecule has 104 valence electrons. The standard InChI is InChI=1S/C15H23N3O/c1-11-8-16-12(2)15(17-11)18-7-3-4-14(9-18)19-10-13-5-6-13/h8,13-14H,3-7,9-10H2,1-2H3/t14-/m0/s1. The maximum absolute atomic E-state index is 6.04. The van der Waals surface area contributed by atoms with Gasteiger partial charge in [0, 0.05) is 25.9 Å². The molecule has 0 aromatic carbocycles. The fraction of sp³-hybridized carbons (Fsp3) is 0.733. The quantitative estimate of drug-likeness (QED) is 0.834. The van der Waals surface area contributed by atoms with Gasteiger partial charge in [-0.2, -0.15) is 0 Å². The second-order valence-electron chi connectivity index (χ2n) is 5.91. The van der Waals surface area contributed by atoms with Gasteiger partial charge in [-0.15, -0.1) is 0 Å². The molecule has 1 aliphatic carbocycles. The van der Waals surface area contributed by atoms with E-state index < -0.39 is 0 Å². The van der Waals surface area contributed by atoms with E-state index in [1.165, 1.54) is 25.7 Å². The summed E-state index contributed by atoms with van der Waals surface area (Å²) < 4.78 is 6.04. The number of nitrogens with zero attached hydrogens (tertiary/aromatic N) is 3. The Morgan fingerprint density at radius 2 is 2.16 bits per heavy atom. The lowest BCUT2D eigenvalue weighted by atomic mass is 10.1. The van der Waals surface area contributed by atoms with Crippen LogP contribution in [0, 0.1) is 19.8 Å². The highest BCUT2D eigenvalue weighted by Crippen LogP contribution is 2.30. The molecule has 1 aromatic heterocycles. The third-order valence-electron chi connectivity index (χ3n) is 3.99. The van der Waals surface area contributed by atoms with Crippen LogP contribution in [0.25, 0.3) is 0 Å². The van der Waals surface area contributed by atoms with Crippen LogP contribution >= 0.6 is 0 Å². The van der Waals surface area contributed by atoms with Gasteiger partial charge in [-0.3, -0.25) is 4.98 Å². The Bertz CT molecular complexity index is 445. The van der Waals surface area contributed by atoms with Gasteiger partial charge in [0.1, 0.15) is 5.82 Å². The predicted octanol–water partition coefficient (Wildman–Crippen LogP) is 2.49. The van der Waals surface area contributed by atoms with Gasteiger partial charge in [-0.1, -0.05) is 0 Å². The average molecular weight is 261 g/mol. The van der Waals surface area contributed by atoms with E-state index in [4.69, 9.17) is 4.74 Å². The summed E-state index contributed by atoms with van der Waals surface area (Å²) in [5.74, 6) is 1.88. The molecule has 1 aliphatic heterocycles. The molecule has 0 radical (unpaired) electrons. The summed E-state index contributed by atoms with van der Waals surface area (Å²) in [6.45, 7) is 7.03. The summed E-state index contributed by atoms with van der Waals surface area (Å²) in [5, 5.41) is 0. The maximum Gasteiger partial charge on any atom is 0.150 e. The van der Waals surface area contributed by atoms with Crippen molar-refractivity contribution in [2.75, 3.05) is 24.6 Å². The normalized spacial score (nSPS) is 23.7. The van der Waals surface area contributed by atoms with Crippen molar-refractivity contribution in [3.05, 3.63) is 17.6 Å². The molecule has 1 atom stereocenters. The van der Waals surface area contributed by atoms with Gasteiger partial charge in [0.15, 0.2) is 0 Å². The lowest BCUT2D eigenvalue weighted by Gasteiger charge is -2.34. The first-order valence-electron chi connectivity index (χ1n) is 7.39. The second kappa shape index (κ2) is 5.45. The zero-order valence-electron chi connectivity index (χ0n) is 11.9. The highest BCUT2D eigenvalue weighted by molar-refractivity contribution is 5.43. The van der Waals surface area contributed by atoms with E-state index in [-0.39, 0.29) is 0 Å². The summed E-state index contributed by atoms with van der Waals surface area (Å²) in [5.41, 5.74) is 2.01. The van der Waals surface area contributed by atoms with Crippen LogP contribution in [0.2, 0.25) is 0 Å². The highest BCUT2D eigenvalue weighted by Gasteiger charge is 2.26. The van der Waals surface area contributed by atoms with Crippen LogP contribution in [0.1, 0.15) is 37.1 Å². The van der Waals surface area contributed by atoms with Gasteiger partial charge in [-0.25, -0.2) is 4.98 Å². The van der Waals surface area contributed by atoms with Crippen LogP contribution in [0.3, 0.4) is 0 Å². The topological polar surface area (TPSA) is 38.2 Å². The van der Waals surface area contributed by atoms with Gasteiger partial charge in [0.2, 0.25) is 0 Å². The number of hydrogen-bond acceptors (Lipinski definition) is 4. The van der Waals surface area contributed by atoms with Crippen LogP contribution in [-0.2, 0) is 4.74 Å². The van der Waals surface area contributed by atoms with Crippen molar-refractivity contribution in [3.63, 3.8) is 0 Å². The third kappa shape index (κ3) is 3.24. The number of rotatable bonds is 4. The summed E-state index contributed by atoms with van der Waals surface area (Å²) in [6, 6.07) is 0. The van der Waals surface area contributed by atoms with Crippen LogP contribution in [0.4, 0.5) is 5.82 Å². The molecule has 0 bridgehead atoms. The minimum Gasteiger partial charge on any atom is -0.376 e. The molecule has 1 saturated carbocycles. The molecule has 4 heteroatoms. The third-order valence-corrected chi connectivity index (χ3v) is 3.99. The van der Waals surface area contributed by atoms with Crippen LogP contribution < -0.4 is 4.90 Å². The number of anilines is 1. The Morgan fingerprint density at radius 1 is 1.32 bits per heavy atom. The van der Waals surface area contributed by atoms with Gasteiger partial charge in [-0.05, 0) is 45.4 Å². The first-order chi connectivity index (χ1) is 9.22. The van der Waals surface area contributed by atoms with Crippen molar-refractivity contribution in [2.45, 2.75) is 45.6 Å². The zero-order chi connectivity index (χ0) is 13.2. The fourth-order valence-corrected chi connectivity index (χ4v) is 2.65. The van der Waals surface area contributed by atoms with Crippen LogP contribution in [0.15, 0.2) is 6.20 Å². The number of aromatic nitrogens is 2. The summed E-state index contributed by atoms with van der Waals surface area (Å²) in [7, 11) is 0. The smallest absolute Gasteiger partial charge is 0.150 e. The Kier molecular flexibility index (Phi) is 3.69. The first kappa shape index (κ1) is 12.9. The van der Waals surface area contributed by atoms with E-state index in [0.717, 1.165) is 42.8 Å². The fourth-order valence-electron chi connectivity index (χ4n) is 2.65. The van der Waals surface area contributed by atoms with Crippen molar-refractivity contribution in [1.82, 2.24) is 9.97 Å². The van der Waals surface area contributed by atoms with Crippen molar-refractivity contribution >= 4 is 5.82 Å². The molecule has 2 aliphatic rings. The molecule has 0 unspecified atom stereocenters. The van der Waals surface area contributed by atoms with Gasteiger partial charge in [0.25, 0.3) is 0 Å². The Labute approximate surface area is 115 Å². The number of ether oxygens (including phenoxy) is 1. The van der Waals surface area contributed by atoms with Crippen LogP contribution in [-0.4, -0.2) is 35.8 Å². The van der Waals surface area contributed by atoms with Crippen molar-refractivity contribution in [1.29, 1.82) is 0 Å². The van der Waals surface area contributed by atoms with Crippen molar-refractivity contribution in [3.8, 4) is 0 Å². The van der Waals surface area contributed by atoms with E-state index in [9.17, 15) is 0 Å². The first-order valence-corrected chi connectivity index (χ1v) is 7.39. The van der Waals surface area contributed by atoms with E-state index >= 15 is 0 Å². The molecule has 19 heavy (non-hydrogen) atoms. The SMILES string of the molecule is Cc1cnc(C)c(N2CCC[C@H](OCC3CC3)C2)n1. The lowest BCUT2D eigenvalue weighted by molar-refractivity contribution is 0.0367. The molecule has 4 nitrogen and oxygen atoms in total. The Hall–Kier alpha value is -1.16. The number of piperidine rings is 1. The van der Waals surface area contributed by atoms with E-state index in [2.05, 4.69) is 14.9 Å². The maximum atomic E-state index is 6.04. The lowest BCUT2D eigenvalue weighted by Crippen LogP contribution is -2.41. The van der Waals surface area contributed by atoms with Crippen molar-refractivity contribution < 1.29 is 4.74 Å². The number of hydrogen-bond donors (Lipinski definition) is 0. The summed E-state index contributed by atoms with van der Waals surface area (Å²) in [6.07, 6.45) is 7.30. The van der Waals surface area contributed by atoms with E-state index in [1.807, 2.05) is 20.0 Å². The largest absolute Gasteiger partial charge is 0.376 e. The van der Waals surface area contributed by atoms with Gasteiger partial charge < -0.3 is 9.64 Å². The minimum atomic E-state index is 0.371. The highest BCUT2D eigenvalue weighted by atomic mass is 16.5. The van der Waals surface area contributed by atoms with E-state index in [0.29, 0.717) is 6.10 Å². The Balaban J connectivity index is 1.64. The average Bonchev–Trinajstić information content (AvgIpc) is 3.24.